The van der Waals surface area contributed by atoms with Crippen LogP contribution in [0.4, 0.5) is 0 Å². The van der Waals surface area contributed by atoms with Crippen molar-refractivity contribution in [2.45, 2.75) is 19.8 Å². The lowest BCUT2D eigenvalue weighted by Gasteiger charge is -2.18. The second-order valence-corrected chi connectivity index (χ2v) is 4.00. The summed E-state index contributed by atoms with van der Waals surface area (Å²) in [6, 6.07) is 0. The molecule has 0 spiro atoms. The van der Waals surface area contributed by atoms with Crippen LogP contribution in [0.3, 0.4) is 0 Å². The highest BCUT2D eigenvalue weighted by Crippen LogP contribution is 1.92. The zero-order valence-electron chi connectivity index (χ0n) is 11.7. The van der Waals surface area contributed by atoms with Crippen LogP contribution in [0.15, 0.2) is 0 Å². The van der Waals surface area contributed by atoms with Crippen LogP contribution in [0, 0.1) is 0 Å². The molecule has 0 rings (SSSR count). The van der Waals surface area contributed by atoms with Crippen LogP contribution in [-0.4, -0.2) is 63.1 Å². The summed E-state index contributed by atoms with van der Waals surface area (Å²) < 4.78 is 9.02. The maximum Gasteiger partial charge on any atom is 0.319 e. The first kappa shape index (κ1) is 17.4. The van der Waals surface area contributed by atoms with Gasteiger partial charge in [-0.2, -0.15) is 0 Å². The number of rotatable bonds is 9. The number of unbranched alkanes of at least 4 members (excludes halogenated alkanes) is 1. The molecule has 0 aromatic rings. The van der Waals surface area contributed by atoms with Crippen LogP contribution in [0.2, 0.25) is 0 Å². The third kappa shape index (κ3) is 9.01. The molecule has 0 heterocycles. The second kappa shape index (κ2) is 10.3. The van der Waals surface area contributed by atoms with E-state index in [2.05, 4.69) is 14.8 Å². The highest BCUT2D eigenvalue weighted by atomic mass is 16.5. The fourth-order valence-corrected chi connectivity index (χ4v) is 1.33. The van der Waals surface area contributed by atoms with Gasteiger partial charge in [0.1, 0.15) is 0 Å². The van der Waals surface area contributed by atoms with Crippen molar-refractivity contribution in [3.05, 3.63) is 0 Å². The molecular formula is C12H22N2O5. The maximum atomic E-state index is 11.6. The monoisotopic (exact) mass is 274 g/mol. The van der Waals surface area contributed by atoms with Gasteiger partial charge in [-0.3, -0.25) is 19.3 Å². The fraction of sp³-hybridized carbons (Fsp3) is 0.750. The van der Waals surface area contributed by atoms with E-state index in [0.717, 1.165) is 12.8 Å². The van der Waals surface area contributed by atoms with E-state index >= 15 is 0 Å². The first-order valence-electron chi connectivity index (χ1n) is 6.16. The fourth-order valence-electron chi connectivity index (χ4n) is 1.33. The smallest absolute Gasteiger partial charge is 0.319 e. The molecule has 19 heavy (non-hydrogen) atoms. The van der Waals surface area contributed by atoms with Gasteiger partial charge in [0.15, 0.2) is 0 Å². The molecule has 0 aliphatic rings. The van der Waals surface area contributed by atoms with Crippen molar-refractivity contribution in [1.29, 1.82) is 0 Å². The first-order chi connectivity index (χ1) is 9.03. The van der Waals surface area contributed by atoms with Gasteiger partial charge in [0, 0.05) is 6.54 Å². The molecule has 0 bridgehead atoms. The van der Waals surface area contributed by atoms with E-state index in [0.29, 0.717) is 6.54 Å². The summed E-state index contributed by atoms with van der Waals surface area (Å²) in [5, 5.41) is 2.71. The Labute approximate surface area is 113 Å². The number of nitrogens with one attached hydrogen (secondary N) is 1. The lowest BCUT2D eigenvalue weighted by Crippen LogP contribution is -2.43. The second-order valence-electron chi connectivity index (χ2n) is 4.00. The Bertz CT molecular complexity index is 288. The highest BCUT2D eigenvalue weighted by Gasteiger charge is 2.18. The van der Waals surface area contributed by atoms with E-state index in [4.69, 9.17) is 0 Å². The van der Waals surface area contributed by atoms with Gasteiger partial charge in [-0.15, -0.1) is 0 Å². The standard InChI is InChI=1S/C12H22N2O5/c1-4-5-6-13-10(15)7-14(8-11(16)18-2)9-12(17)19-3/h4-9H2,1-3H3,(H,13,15). The predicted octanol–water partition coefficient (Wildman–Crippen LogP) is -0.449. The number of esters is 2. The van der Waals surface area contributed by atoms with Crippen molar-refractivity contribution in [2.75, 3.05) is 40.4 Å². The molecule has 0 fully saturated rings. The predicted molar refractivity (Wildman–Crippen MR) is 68.4 cm³/mol. The lowest BCUT2D eigenvalue weighted by atomic mass is 10.3. The number of hydrogen-bond acceptors (Lipinski definition) is 6. The Hall–Kier alpha value is -1.63. The van der Waals surface area contributed by atoms with Crippen LogP contribution in [0.1, 0.15) is 19.8 Å². The molecule has 1 amide bonds. The molecule has 110 valence electrons. The molecule has 0 radical (unpaired) electrons. The van der Waals surface area contributed by atoms with Crippen molar-refractivity contribution >= 4 is 17.8 Å². The highest BCUT2D eigenvalue weighted by molar-refractivity contribution is 5.80. The van der Waals surface area contributed by atoms with E-state index in [9.17, 15) is 14.4 Å². The number of carbonyl (C=O) groups excluding carboxylic acids is 3. The van der Waals surface area contributed by atoms with Crippen molar-refractivity contribution in [2.24, 2.45) is 0 Å². The van der Waals surface area contributed by atoms with Crippen molar-refractivity contribution < 1.29 is 23.9 Å². The van der Waals surface area contributed by atoms with Gasteiger partial charge in [-0.25, -0.2) is 0 Å². The average Bonchev–Trinajstić information content (AvgIpc) is 2.38. The minimum Gasteiger partial charge on any atom is -0.468 e. The van der Waals surface area contributed by atoms with Crippen LogP contribution in [-0.2, 0) is 23.9 Å². The molecule has 7 heteroatoms. The normalized spacial score (nSPS) is 10.1. The molecule has 0 aromatic heterocycles. The summed E-state index contributed by atoms with van der Waals surface area (Å²) >= 11 is 0. The molecule has 7 nitrogen and oxygen atoms in total. The van der Waals surface area contributed by atoms with E-state index in [1.165, 1.54) is 19.1 Å². The van der Waals surface area contributed by atoms with E-state index < -0.39 is 11.9 Å². The molecule has 0 saturated heterocycles. The van der Waals surface area contributed by atoms with E-state index in [1.807, 2.05) is 6.92 Å². The molecule has 0 saturated carbocycles. The molecule has 0 atom stereocenters. The third-order valence-electron chi connectivity index (χ3n) is 2.38. The summed E-state index contributed by atoms with van der Waals surface area (Å²) in [6.45, 7) is 2.29. The van der Waals surface area contributed by atoms with Gasteiger partial charge in [-0.1, -0.05) is 13.3 Å². The van der Waals surface area contributed by atoms with E-state index in [-0.39, 0.29) is 25.5 Å². The Balaban J connectivity index is 4.27. The molecule has 0 aliphatic heterocycles. The van der Waals surface area contributed by atoms with E-state index in [1.54, 1.807) is 0 Å². The van der Waals surface area contributed by atoms with Gasteiger partial charge in [0.05, 0.1) is 33.9 Å². The number of amides is 1. The largest absolute Gasteiger partial charge is 0.468 e. The number of methoxy groups -OCH3 is 2. The topological polar surface area (TPSA) is 84.9 Å². The van der Waals surface area contributed by atoms with Gasteiger partial charge in [0.2, 0.25) is 5.91 Å². The Morgan fingerprint density at radius 3 is 1.95 bits per heavy atom. The Kier molecular flexibility index (Phi) is 9.42. The van der Waals surface area contributed by atoms with Crippen molar-refractivity contribution in [1.82, 2.24) is 10.2 Å². The molecule has 0 aliphatic carbocycles. The summed E-state index contributed by atoms with van der Waals surface area (Å²) in [6.07, 6.45) is 1.87. The van der Waals surface area contributed by atoms with Crippen molar-refractivity contribution in [3.63, 3.8) is 0 Å². The van der Waals surface area contributed by atoms with Crippen LogP contribution in [0.25, 0.3) is 0 Å². The third-order valence-corrected chi connectivity index (χ3v) is 2.38. The van der Waals surface area contributed by atoms with Gasteiger partial charge >= 0.3 is 11.9 Å². The van der Waals surface area contributed by atoms with Gasteiger partial charge in [-0.05, 0) is 6.42 Å². The van der Waals surface area contributed by atoms with Crippen molar-refractivity contribution in [3.8, 4) is 0 Å². The minimum absolute atomic E-state index is 0.0477. The van der Waals surface area contributed by atoms with Crippen LogP contribution >= 0.6 is 0 Å². The summed E-state index contributed by atoms with van der Waals surface area (Å²) in [7, 11) is 2.50. The molecule has 0 aromatic carbocycles. The maximum absolute atomic E-state index is 11.6. The number of carbonyl (C=O) groups is 3. The summed E-state index contributed by atoms with van der Waals surface area (Å²) in [5.74, 6) is -1.25. The number of hydrogen-bond donors (Lipinski definition) is 1. The van der Waals surface area contributed by atoms with Gasteiger partial charge < -0.3 is 14.8 Å². The average molecular weight is 274 g/mol. The molecular weight excluding hydrogens is 252 g/mol. The quantitative estimate of drug-likeness (QED) is 0.453. The zero-order chi connectivity index (χ0) is 14.7. The van der Waals surface area contributed by atoms with Gasteiger partial charge in [0.25, 0.3) is 0 Å². The first-order valence-corrected chi connectivity index (χ1v) is 6.16. The SMILES string of the molecule is CCCCNC(=O)CN(CC(=O)OC)CC(=O)OC. The van der Waals surface area contributed by atoms with Crippen LogP contribution in [0.5, 0.6) is 0 Å². The summed E-state index contributed by atoms with van der Waals surface area (Å²) in [5.41, 5.74) is 0. The number of nitrogens with zero attached hydrogens (tertiary/aromatic N) is 1. The number of ether oxygens (including phenoxy) is 2. The summed E-state index contributed by atoms with van der Waals surface area (Å²) in [4.78, 5) is 35.4. The Morgan fingerprint density at radius 2 is 1.53 bits per heavy atom. The molecule has 0 unspecified atom stereocenters. The lowest BCUT2D eigenvalue weighted by molar-refractivity contribution is -0.146. The Morgan fingerprint density at radius 1 is 1.00 bits per heavy atom. The minimum atomic E-state index is -0.509. The zero-order valence-corrected chi connectivity index (χ0v) is 11.7. The molecule has 1 N–H and O–H groups in total. The van der Waals surface area contributed by atoms with Crippen LogP contribution < -0.4 is 5.32 Å².